The molecule has 1 N–H and O–H groups in total. The molecule has 0 bridgehead atoms. The predicted octanol–water partition coefficient (Wildman–Crippen LogP) is 2.50. The van der Waals surface area contributed by atoms with Crippen LogP contribution in [0.25, 0.3) is 10.9 Å². The standard InChI is InChI=1S/C16H13N3O4S/c1-9(20)18-14(13-5-3-7-24-13)11-8-12(19(22)23)10-4-2-6-17-15(10)16(11)21/h2-8,14,21H,1H3,(H,18,20)/p-1. The third kappa shape index (κ3) is 2.79. The smallest absolute Gasteiger partial charge is 0.279 e. The van der Waals surface area contributed by atoms with Gasteiger partial charge >= 0.3 is 0 Å². The first-order valence-corrected chi connectivity index (χ1v) is 7.90. The molecular formula is C16H12N3O4S-. The second kappa shape index (κ2) is 6.25. The molecule has 24 heavy (non-hydrogen) atoms. The van der Waals surface area contributed by atoms with Gasteiger partial charge in [-0.2, -0.15) is 0 Å². The normalized spacial score (nSPS) is 12.0. The molecule has 122 valence electrons. The molecule has 1 aromatic carbocycles. The van der Waals surface area contributed by atoms with Crippen LogP contribution in [0, 0.1) is 10.1 Å². The van der Waals surface area contributed by atoms with Crippen LogP contribution >= 0.6 is 11.3 Å². The molecule has 0 aliphatic rings. The van der Waals surface area contributed by atoms with Crippen LogP contribution in [-0.2, 0) is 4.79 Å². The van der Waals surface area contributed by atoms with E-state index < -0.39 is 16.7 Å². The van der Waals surface area contributed by atoms with E-state index in [1.54, 1.807) is 18.2 Å². The fraction of sp³-hybridized carbons (Fsp3) is 0.125. The Balaban J connectivity index is 2.29. The number of hydrogen-bond donors (Lipinski definition) is 1. The number of benzene rings is 1. The van der Waals surface area contributed by atoms with Crippen LogP contribution < -0.4 is 10.4 Å². The number of nitrogens with one attached hydrogen (secondary N) is 1. The lowest BCUT2D eigenvalue weighted by Gasteiger charge is -2.24. The summed E-state index contributed by atoms with van der Waals surface area (Å²) in [6.45, 7) is 1.33. The summed E-state index contributed by atoms with van der Waals surface area (Å²) in [6, 6.07) is 7.06. The largest absolute Gasteiger partial charge is 0.871 e. The Morgan fingerprint density at radius 3 is 2.79 bits per heavy atom. The molecule has 2 aromatic heterocycles. The van der Waals surface area contributed by atoms with E-state index in [1.807, 2.05) is 5.38 Å². The molecule has 0 aliphatic heterocycles. The van der Waals surface area contributed by atoms with Crippen molar-refractivity contribution in [1.82, 2.24) is 10.3 Å². The molecule has 1 unspecified atom stereocenters. The van der Waals surface area contributed by atoms with Gasteiger partial charge in [-0.1, -0.05) is 11.8 Å². The lowest BCUT2D eigenvalue weighted by molar-refractivity contribution is -0.383. The Kier molecular flexibility index (Phi) is 4.13. The van der Waals surface area contributed by atoms with E-state index in [4.69, 9.17) is 0 Å². The lowest BCUT2D eigenvalue weighted by atomic mass is 10.00. The van der Waals surface area contributed by atoms with E-state index in [0.717, 1.165) is 0 Å². The minimum Gasteiger partial charge on any atom is -0.871 e. The van der Waals surface area contributed by atoms with Crippen molar-refractivity contribution in [2.45, 2.75) is 13.0 Å². The van der Waals surface area contributed by atoms with Crippen molar-refractivity contribution in [3.63, 3.8) is 0 Å². The molecule has 0 fully saturated rings. The zero-order valence-electron chi connectivity index (χ0n) is 12.6. The van der Waals surface area contributed by atoms with Crippen molar-refractivity contribution in [2.24, 2.45) is 0 Å². The minimum atomic E-state index is -0.750. The number of nitrogens with zero attached hydrogens (tertiary/aromatic N) is 2. The number of rotatable bonds is 4. The van der Waals surface area contributed by atoms with Gasteiger partial charge in [0.25, 0.3) is 5.69 Å². The van der Waals surface area contributed by atoms with E-state index in [1.165, 1.54) is 36.6 Å². The van der Waals surface area contributed by atoms with E-state index in [9.17, 15) is 20.0 Å². The SMILES string of the molecule is CC(=O)NC(c1cccs1)c1cc([N+](=O)[O-])c2cccnc2c1[O-]. The van der Waals surface area contributed by atoms with Crippen LogP contribution in [0.4, 0.5) is 5.69 Å². The average Bonchev–Trinajstić information content (AvgIpc) is 3.07. The van der Waals surface area contributed by atoms with Crippen molar-refractivity contribution in [3.8, 4) is 5.75 Å². The van der Waals surface area contributed by atoms with Crippen LogP contribution in [0.3, 0.4) is 0 Å². The highest BCUT2D eigenvalue weighted by Crippen LogP contribution is 2.38. The van der Waals surface area contributed by atoms with E-state index in [0.29, 0.717) is 4.88 Å². The molecule has 2 heterocycles. The van der Waals surface area contributed by atoms with E-state index in [2.05, 4.69) is 10.3 Å². The number of pyridine rings is 1. The Hall–Kier alpha value is -3.00. The first-order chi connectivity index (χ1) is 11.5. The molecule has 8 heteroatoms. The molecule has 0 saturated carbocycles. The average molecular weight is 342 g/mol. The maximum absolute atomic E-state index is 12.8. The molecule has 1 amide bonds. The molecule has 3 aromatic rings. The fourth-order valence-corrected chi connectivity index (χ4v) is 3.34. The Morgan fingerprint density at radius 1 is 1.38 bits per heavy atom. The van der Waals surface area contributed by atoms with E-state index in [-0.39, 0.29) is 28.1 Å². The summed E-state index contributed by atoms with van der Waals surface area (Å²) in [7, 11) is 0. The highest BCUT2D eigenvalue weighted by Gasteiger charge is 2.23. The van der Waals surface area contributed by atoms with Gasteiger partial charge in [0.15, 0.2) is 0 Å². The van der Waals surface area contributed by atoms with Gasteiger partial charge in [-0.15, -0.1) is 11.3 Å². The number of non-ortho nitro benzene ring substituents is 1. The van der Waals surface area contributed by atoms with Crippen molar-refractivity contribution >= 4 is 33.8 Å². The molecule has 0 spiro atoms. The molecule has 7 nitrogen and oxygen atoms in total. The van der Waals surface area contributed by atoms with Crippen molar-refractivity contribution in [3.05, 3.63) is 62.5 Å². The number of carbonyl (C=O) groups is 1. The van der Waals surface area contributed by atoms with Crippen LogP contribution in [0.2, 0.25) is 0 Å². The second-order valence-electron chi connectivity index (χ2n) is 5.12. The zero-order chi connectivity index (χ0) is 17.3. The topological polar surface area (TPSA) is 108 Å². The number of fused-ring (bicyclic) bond motifs is 1. The maximum Gasteiger partial charge on any atom is 0.279 e. The van der Waals surface area contributed by atoms with Crippen molar-refractivity contribution in [2.75, 3.05) is 0 Å². The Bertz CT molecular complexity index is 924. The minimum absolute atomic E-state index is 0.0219. The van der Waals surface area contributed by atoms with Crippen LogP contribution in [0.1, 0.15) is 23.4 Å². The van der Waals surface area contributed by atoms with Gasteiger partial charge < -0.3 is 10.4 Å². The molecule has 3 rings (SSSR count). The summed E-state index contributed by atoms with van der Waals surface area (Å²) in [6.07, 6.45) is 1.41. The number of nitro benzene ring substituents is 1. The molecule has 1 atom stereocenters. The van der Waals surface area contributed by atoms with Gasteiger partial charge in [0.2, 0.25) is 5.91 Å². The number of aromatic nitrogens is 1. The third-order valence-electron chi connectivity index (χ3n) is 3.54. The van der Waals surface area contributed by atoms with Crippen LogP contribution in [-0.4, -0.2) is 15.8 Å². The summed E-state index contributed by atoms with van der Waals surface area (Å²) in [5.74, 6) is -0.764. The summed E-state index contributed by atoms with van der Waals surface area (Å²) < 4.78 is 0. The highest BCUT2D eigenvalue weighted by molar-refractivity contribution is 7.10. The lowest BCUT2D eigenvalue weighted by Crippen LogP contribution is -2.27. The second-order valence-corrected chi connectivity index (χ2v) is 6.10. The monoisotopic (exact) mass is 342 g/mol. The summed E-state index contributed by atoms with van der Waals surface area (Å²) >= 11 is 1.35. The van der Waals surface area contributed by atoms with Crippen LogP contribution in [0.5, 0.6) is 5.75 Å². The number of nitro groups is 1. The van der Waals surface area contributed by atoms with Crippen molar-refractivity contribution in [1.29, 1.82) is 0 Å². The number of carbonyl (C=O) groups excluding carboxylic acids is 1. The van der Waals surface area contributed by atoms with Gasteiger partial charge in [0.05, 0.1) is 21.9 Å². The molecule has 0 radical (unpaired) electrons. The van der Waals surface area contributed by atoms with Gasteiger partial charge in [-0.25, -0.2) is 0 Å². The fourth-order valence-electron chi connectivity index (χ4n) is 2.55. The summed E-state index contributed by atoms with van der Waals surface area (Å²) in [5, 5.41) is 28.9. The summed E-state index contributed by atoms with van der Waals surface area (Å²) in [4.78, 5) is 27.1. The zero-order valence-corrected chi connectivity index (χ0v) is 13.4. The van der Waals surface area contributed by atoms with Crippen LogP contribution in [0.15, 0.2) is 41.9 Å². The predicted molar refractivity (Wildman–Crippen MR) is 87.8 cm³/mol. The Labute approximate surface area is 140 Å². The Morgan fingerprint density at radius 2 is 2.17 bits per heavy atom. The van der Waals surface area contributed by atoms with Crippen molar-refractivity contribution < 1.29 is 14.8 Å². The molecular weight excluding hydrogens is 330 g/mol. The van der Waals surface area contributed by atoms with Gasteiger partial charge in [0.1, 0.15) is 0 Å². The van der Waals surface area contributed by atoms with Gasteiger partial charge in [-0.3, -0.25) is 19.9 Å². The first kappa shape index (κ1) is 15.9. The third-order valence-corrected chi connectivity index (χ3v) is 4.47. The van der Waals surface area contributed by atoms with Gasteiger partial charge in [0, 0.05) is 24.1 Å². The number of amides is 1. The number of hydrogen-bond acceptors (Lipinski definition) is 6. The molecule has 0 saturated heterocycles. The van der Waals surface area contributed by atoms with Gasteiger partial charge in [-0.05, 0) is 29.1 Å². The number of thiophene rings is 1. The first-order valence-electron chi connectivity index (χ1n) is 7.02. The van der Waals surface area contributed by atoms with E-state index >= 15 is 0 Å². The maximum atomic E-state index is 12.8. The summed E-state index contributed by atoms with van der Waals surface area (Å²) in [5.41, 5.74) is -0.0567. The quantitative estimate of drug-likeness (QED) is 0.579. The molecule has 0 aliphatic carbocycles. The highest BCUT2D eigenvalue weighted by atomic mass is 32.1.